The van der Waals surface area contributed by atoms with E-state index in [4.69, 9.17) is 16.3 Å². The van der Waals surface area contributed by atoms with Crippen LogP contribution in [0.25, 0.3) is 0 Å². The summed E-state index contributed by atoms with van der Waals surface area (Å²) in [5.74, 6) is -0.244. The maximum absolute atomic E-state index is 12.3. The van der Waals surface area contributed by atoms with Gasteiger partial charge < -0.3 is 9.64 Å². The van der Waals surface area contributed by atoms with Crippen molar-refractivity contribution in [3.63, 3.8) is 0 Å². The van der Waals surface area contributed by atoms with Crippen LogP contribution in [0.15, 0.2) is 24.3 Å². The zero-order valence-electron chi connectivity index (χ0n) is 14.2. The molecule has 0 N–H and O–H groups in total. The zero-order chi connectivity index (χ0) is 17.2. The summed E-state index contributed by atoms with van der Waals surface area (Å²) in [6, 6.07) is 6.66. The first-order chi connectivity index (χ1) is 11.0. The van der Waals surface area contributed by atoms with E-state index in [-0.39, 0.29) is 5.78 Å². The molecule has 1 aromatic rings. The van der Waals surface area contributed by atoms with Crippen molar-refractivity contribution in [2.24, 2.45) is 0 Å². The third-order valence-electron chi connectivity index (χ3n) is 3.58. The van der Waals surface area contributed by atoms with Crippen molar-refractivity contribution in [1.29, 1.82) is 0 Å². The van der Waals surface area contributed by atoms with Crippen molar-refractivity contribution in [3.8, 4) is 0 Å². The van der Waals surface area contributed by atoms with Crippen LogP contribution in [0.5, 0.6) is 0 Å². The van der Waals surface area contributed by atoms with E-state index in [1.54, 1.807) is 36.1 Å². The Hall–Kier alpha value is -1.55. The van der Waals surface area contributed by atoms with E-state index in [0.29, 0.717) is 23.7 Å². The number of carbonyl (C=O) groups excluding carboxylic acids is 2. The molecular weight excluding hydrogens is 314 g/mol. The molecule has 1 atom stereocenters. The van der Waals surface area contributed by atoms with Crippen molar-refractivity contribution in [2.45, 2.75) is 52.6 Å². The van der Waals surface area contributed by atoms with Crippen molar-refractivity contribution in [3.05, 3.63) is 34.9 Å². The summed E-state index contributed by atoms with van der Waals surface area (Å²) in [5, 5.41) is 0.488. The number of ketones is 1. The van der Waals surface area contributed by atoms with Crippen molar-refractivity contribution in [2.75, 3.05) is 13.1 Å². The first kappa shape index (κ1) is 19.5. The van der Waals surface area contributed by atoms with Crippen LogP contribution in [-0.2, 0) is 4.74 Å². The van der Waals surface area contributed by atoms with Gasteiger partial charge in [0.25, 0.3) is 0 Å². The first-order valence-corrected chi connectivity index (χ1v) is 8.62. The summed E-state index contributed by atoms with van der Waals surface area (Å²) in [7, 11) is 0. The van der Waals surface area contributed by atoms with Crippen LogP contribution < -0.4 is 0 Å². The number of ether oxygens (including phenoxy) is 1. The minimum absolute atomic E-state index is 0.244. The maximum Gasteiger partial charge on any atom is 0.410 e. The number of amides is 1. The molecule has 0 fully saturated rings. The molecule has 0 spiro atoms. The van der Waals surface area contributed by atoms with Gasteiger partial charge in [0.15, 0.2) is 6.10 Å². The molecule has 1 aromatic carbocycles. The molecule has 1 amide bonds. The first-order valence-electron chi connectivity index (χ1n) is 8.24. The third kappa shape index (κ3) is 6.61. The molecule has 1 rings (SSSR count). The van der Waals surface area contributed by atoms with Gasteiger partial charge in [-0.25, -0.2) is 4.79 Å². The lowest BCUT2D eigenvalue weighted by Gasteiger charge is -2.23. The van der Waals surface area contributed by atoms with E-state index in [0.717, 1.165) is 25.7 Å². The third-order valence-corrected chi connectivity index (χ3v) is 3.81. The molecule has 0 aromatic heterocycles. The van der Waals surface area contributed by atoms with Crippen LogP contribution in [0, 0.1) is 0 Å². The van der Waals surface area contributed by atoms with Crippen LogP contribution in [0.2, 0.25) is 5.02 Å². The smallest absolute Gasteiger partial charge is 0.410 e. The fraction of sp³-hybridized carbons (Fsp3) is 0.556. The van der Waals surface area contributed by atoms with Gasteiger partial charge in [0, 0.05) is 23.7 Å². The molecule has 0 aliphatic rings. The van der Waals surface area contributed by atoms with E-state index >= 15 is 0 Å². The number of unbranched alkanes of at least 4 members (excludes halogenated alkanes) is 2. The van der Waals surface area contributed by atoms with Gasteiger partial charge in [0.05, 0.1) is 0 Å². The average molecular weight is 340 g/mol. The highest BCUT2D eigenvalue weighted by atomic mass is 35.5. The molecule has 128 valence electrons. The molecule has 5 heteroatoms. The van der Waals surface area contributed by atoms with E-state index < -0.39 is 12.2 Å². The standard InChI is InChI=1S/C18H26ClNO3/c1-4-6-11-20(12-7-5-2)18(22)23-14(3)17(21)15-9-8-10-16(19)13-15/h8-10,13-14H,4-7,11-12H2,1-3H3. The van der Waals surface area contributed by atoms with Crippen LogP contribution in [0.4, 0.5) is 4.79 Å². The Morgan fingerprint density at radius 2 is 1.78 bits per heavy atom. The number of hydrogen-bond donors (Lipinski definition) is 0. The lowest BCUT2D eigenvalue weighted by molar-refractivity contribution is 0.0532. The molecule has 0 saturated heterocycles. The number of halogens is 1. The summed E-state index contributed by atoms with van der Waals surface area (Å²) in [4.78, 5) is 26.3. The number of hydrogen-bond acceptors (Lipinski definition) is 3. The maximum atomic E-state index is 12.3. The largest absolute Gasteiger partial charge is 0.438 e. The van der Waals surface area contributed by atoms with Gasteiger partial charge in [-0.05, 0) is 31.9 Å². The molecule has 23 heavy (non-hydrogen) atoms. The topological polar surface area (TPSA) is 46.6 Å². The fourth-order valence-electron chi connectivity index (χ4n) is 2.15. The van der Waals surface area contributed by atoms with Gasteiger partial charge in [-0.2, -0.15) is 0 Å². The SMILES string of the molecule is CCCCN(CCCC)C(=O)OC(C)C(=O)c1cccc(Cl)c1. The molecule has 0 saturated carbocycles. The number of rotatable bonds is 9. The van der Waals surface area contributed by atoms with Gasteiger partial charge in [-0.1, -0.05) is 50.4 Å². The summed E-state index contributed by atoms with van der Waals surface area (Å²) in [6.45, 7) is 7.07. The van der Waals surface area contributed by atoms with Crippen LogP contribution >= 0.6 is 11.6 Å². The predicted molar refractivity (Wildman–Crippen MR) is 93.1 cm³/mol. The molecule has 0 heterocycles. The molecule has 1 unspecified atom stereocenters. The van der Waals surface area contributed by atoms with E-state index in [9.17, 15) is 9.59 Å². The fourth-order valence-corrected chi connectivity index (χ4v) is 2.34. The molecule has 0 radical (unpaired) electrons. The number of nitrogens with zero attached hydrogens (tertiary/aromatic N) is 1. The second kappa shape index (κ2) is 10.3. The van der Waals surface area contributed by atoms with Gasteiger partial charge in [-0.3, -0.25) is 4.79 Å². The van der Waals surface area contributed by atoms with Gasteiger partial charge in [0.1, 0.15) is 0 Å². The predicted octanol–water partition coefficient (Wildman–Crippen LogP) is 4.95. The number of carbonyl (C=O) groups is 2. The van der Waals surface area contributed by atoms with Crippen LogP contribution in [-0.4, -0.2) is 36.0 Å². The second-order valence-corrected chi connectivity index (χ2v) is 6.03. The van der Waals surface area contributed by atoms with Gasteiger partial charge >= 0.3 is 6.09 Å². The lowest BCUT2D eigenvalue weighted by Crippen LogP contribution is -2.37. The lowest BCUT2D eigenvalue weighted by atomic mass is 10.1. The summed E-state index contributed by atoms with van der Waals surface area (Å²) in [5.41, 5.74) is 0.450. The highest BCUT2D eigenvalue weighted by Gasteiger charge is 2.22. The van der Waals surface area contributed by atoms with E-state index in [1.165, 1.54) is 0 Å². The Morgan fingerprint density at radius 3 is 2.30 bits per heavy atom. The Bertz CT molecular complexity index is 511. The van der Waals surface area contributed by atoms with Crippen LogP contribution in [0.3, 0.4) is 0 Å². The van der Waals surface area contributed by atoms with Crippen LogP contribution in [0.1, 0.15) is 56.8 Å². The Morgan fingerprint density at radius 1 is 1.17 bits per heavy atom. The Labute approximate surface area is 143 Å². The number of Topliss-reactive ketones (excluding diaryl/α,β-unsaturated/α-hetero) is 1. The molecule has 0 bridgehead atoms. The summed E-state index contributed by atoms with van der Waals surface area (Å²) >= 11 is 5.90. The van der Waals surface area contributed by atoms with Crippen molar-refractivity contribution < 1.29 is 14.3 Å². The normalized spacial score (nSPS) is 11.8. The highest BCUT2D eigenvalue weighted by molar-refractivity contribution is 6.31. The van der Waals surface area contributed by atoms with Crippen molar-refractivity contribution in [1.82, 2.24) is 4.90 Å². The monoisotopic (exact) mass is 339 g/mol. The number of benzene rings is 1. The second-order valence-electron chi connectivity index (χ2n) is 5.59. The van der Waals surface area contributed by atoms with Gasteiger partial charge in [0.2, 0.25) is 5.78 Å². The molecular formula is C18H26ClNO3. The summed E-state index contributed by atoms with van der Waals surface area (Å²) < 4.78 is 5.36. The molecule has 0 aliphatic carbocycles. The average Bonchev–Trinajstić information content (AvgIpc) is 2.54. The highest BCUT2D eigenvalue weighted by Crippen LogP contribution is 2.14. The molecule has 4 nitrogen and oxygen atoms in total. The minimum atomic E-state index is -0.827. The van der Waals surface area contributed by atoms with Crippen molar-refractivity contribution >= 4 is 23.5 Å². The Kier molecular flexibility index (Phi) is 8.70. The van der Waals surface area contributed by atoms with Gasteiger partial charge in [-0.15, -0.1) is 0 Å². The minimum Gasteiger partial charge on any atom is -0.438 e. The van der Waals surface area contributed by atoms with E-state index in [2.05, 4.69) is 13.8 Å². The van der Waals surface area contributed by atoms with E-state index in [1.807, 2.05) is 0 Å². The summed E-state index contributed by atoms with van der Waals surface area (Å²) in [6.07, 6.45) is 2.62. The zero-order valence-corrected chi connectivity index (χ0v) is 14.9. The quantitative estimate of drug-likeness (QED) is 0.598. The Balaban J connectivity index is 2.66. The molecule has 0 aliphatic heterocycles.